The van der Waals surface area contributed by atoms with Gasteiger partial charge in [-0.3, -0.25) is 4.79 Å². The fourth-order valence-electron chi connectivity index (χ4n) is 2.34. The average Bonchev–Trinajstić information content (AvgIpc) is 2.88. The lowest BCUT2D eigenvalue weighted by Gasteiger charge is -2.24. The van der Waals surface area contributed by atoms with Crippen LogP contribution in [0.1, 0.15) is 30.7 Å². The lowest BCUT2D eigenvalue weighted by Crippen LogP contribution is -2.47. The van der Waals surface area contributed by atoms with E-state index in [9.17, 15) is 13.2 Å². The lowest BCUT2D eigenvalue weighted by molar-refractivity contribution is -0.122. The van der Waals surface area contributed by atoms with Crippen molar-refractivity contribution in [1.82, 2.24) is 10.6 Å². The third kappa shape index (κ3) is 4.29. The van der Waals surface area contributed by atoms with E-state index in [1.807, 2.05) is 24.4 Å². The van der Waals surface area contributed by atoms with Crippen molar-refractivity contribution in [3.8, 4) is 0 Å². The molecule has 2 rings (SSSR count). The monoisotopic (exact) mass is 316 g/mol. The molecule has 0 bridgehead atoms. The van der Waals surface area contributed by atoms with Crippen LogP contribution >= 0.6 is 11.3 Å². The number of rotatable bonds is 5. The van der Waals surface area contributed by atoms with E-state index >= 15 is 0 Å². The van der Waals surface area contributed by atoms with Crippen LogP contribution in [-0.4, -0.2) is 38.4 Å². The maximum Gasteiger partial charge on any atom is 0.222 e. The Bertz CT molecular complexity index is 540. The Labute approximate surface area is 123 Å². The standard InChI is InChI=1S/C13H20N2O3S2/c1-2-11(12-4-3-6-19-12)15-13(16)8-10-9-20(17,18)7-5-14-10/h3-4,6,10-11,14H,2,5,7-9H2,1H3,(H,15,16). The van der Waals surface area contributed by atoms with Crippen LogP contribution < -0.4 is 10.6 Å². The molecule has 1 aliphatic rings. The van der Waals surface area contributed by atoms with Gasteiger partial charge in [0.15, 0.2) is 9.84 Å². The SMILES string of the molecule is CCC(NC(=O)CC1CS(=O)(=O)CCN1)c1cccs1. The highest BCUT2D eigenvalue weighted by atomic mass is 32.2. The van der Waals surface area contributed by atoms with Crippen LogP contribution in [0.25, 0.3) is 0 Å². The molecule has 1 aromatic rings. The van der Waals surface area contributed by atoms with Crippen LogP contribution in [0.2, 0.25) is 0 Å². The van der Waals surface area contributed by atoms with Crippen molar-refractivity contribution in [1.29, 1.82) is 0 Å². The Balaban J connectivity index is 1.88. The van der Waals surface area contributed by atoms with Gasteiger partial charge >= 0.3 is 0 Å². The van der Waals surface area contributed by atoms with E-state index in [2.05, 4.69) is 10.6 Å². The third-order valence-corrected chi connectivity index (χ3v) is 6.09. The summed E-state index contributed by atoms with van der Waals surface area (Å²) in [7, 11) is -3.00. The Hall–Kier alpha value is -0.920. The van der Waals surface area contributed by atoms with Crippen LogP contribution in [0.15, 0.2) is 17.5 Å². The highest BCUT2D eigenvalue weighted by Crippen LogP contribution is 2.21. The molecule has 2 N–H and O–H groups in total. The van der Waals surface area contributed by atoms with Gasteiger partial charge in [0.25, 0.3) is 0 Å². The Morgan fingerprint density at radius 3 is 3.00 bits per heavy atom. The van der Waals surface area contributed by atoms with Crippen LogP contribution in [0.4, 0.5) is 0 Å². The first-order valence-corrected chi connectivity index (χ1v) is 9.47. The minimum absolute atomic E-state index is 0.0164. The van der Waals surface area contributed by atoms with E-state index in [-0.39, 0.29) is 35.9 Å². The molecule has 0 spiro atoms. The Morgan fingerprint density at radius 1 is 1.60 bits per heavy atom. The van der Waals surface area contributed by atoms with Gasteiger partial charge in [0, 0.05) is 23.9 Å². The van der Waals surface area contributed by atoms with Crippen molar-refractivity contribution in [2.24, 2.45) is 0 Å². The minimum Gasteiger partial charge on any atom is -0.348 e. The maximum absolute atomic E-state index is 12.0. The van der Waals surface area contributed by atoms with Crippen LogP contribution in [0.3, 0.4) is 0 Å². The molecule has 2 unspecified atom stereocenters. The van der Waals surface area contributed by atoms with Crippen molar-refractivity contribution >= 4 is 27.1 Å². The molecule has 0 radical (unpaired) electrons. The van der Waals surface area contributed by atoms with Gasteiger partial charge in [-0.05, 0) is 17.9 Å². The summed E-state index contributed by atoms with van der Waals surface area (Å²) >= 11 is 1.62. The number of amides is 1. The van der Waals surface area contributed by atoms with Crippen molar-refractivity contribution in [2.45, 2.75) is 31.8 Å². The second-order valence-corrected chi connectivity index (χ2v) is 8.22. The van der Waals surface area contributed by atoms with Gasteiger partial charge in [-0.25, -0.2) is 8.42 Å². The molecule has 1 aliphatic heterocycles. The molecule has 0 aliphatic carbocycles. The normalized spacial score (nSPS) is 23.1. The van der Waals surface area contributed by atoms with Gasteiger partial charge in [-0.1, -0.05) is 13.0 Å². The van der Waals surface area contributed by atoms with E-state index in [1.165, 1.54) is 0 Å². The first-order valence-electron chi connectivity index (χ1n) is 6.76. The fraction of sp³-hybridized carbons (Fsp3) is 0.615. The second kappa shape index (κ2) is 6.69. The lowest BCUT2D eigenvalue weighted by atomic mass is 10.1. The first kappa shape index (κ1) is 15.5. The predicted octanol–water partition coefficient (Wildman–Crippen LogP) is 1.09. The van der Waals surface area contributed by atoms with Crippen molar-refractivity contribution in [3.63, 3.8) is 0 Å². The third-order valence-electron chi connectivity index (χ3n) is 3.36. The van der Waals surface area contributed by atoms with Crippen LogP contribution in [-0.2, 0) is 14.6 Å². The number of carbonyl (C=O) groups is 1. The Morgan fingerprint density at radius 2 is 2.40 bits per heavy atom. The molecule has 5 nitrogen and oxygen atoms in total. The molecule has 2 atom stereocenters. The molecule has 0 aromatic carbocycles. The van der Waals surface area contributed by atoms with E-state index in [0.29, 0.717) is 6.54 Å². The summed E-state index contributed by atoms with van der Waals surface area (Å²) in [6, 6.07) is 3.71. The first-order chi connectivity index (χ1) is 9.50. The quantitative estimate of drug-likeness (QED) is 0.853. The average molecular weight is 316 g/mol. The molecule has 1 fully saturated rings. The topological polar surface area (TPSA) is 75.3 Å². The zero-order valence-electron chi connectivity index (χ0n) is 11.5. The molecule has 112 valence electrons. The molecule has 7 heteroatoms. The predicted molar refractivity (Wildman–Crippen MR) is 80.6 cm³/mol. The molecule has 0 saturated carbocycles. The van der Waals surface area contributed by atoms with Crippen molar-refractivity contribution < 1.29 is 13.2 Å². The number of hydrogen-bond donors (Lipinski definition) is 2. The Kier molecular flexibility index (Phi) is 5.17. The molecular formula is C13H20N2O3S2. The number of nitrogens with one attached hydrogen (secondary N) is 2. The summed E-state index contributed by atoms with van der Waals surface area (Å²) in [6.45, 7) is 2.45. The van der Waals surface area contributed by atoms with Crippen LogP contribution in [0.5, 0.6) is 0 Å². The molecule has 20 heavy (non-hydrogen) atoms. The summed E-state index contributed by atoms with van der Waals surface area (Å²) in [5, 5.41) is 8.06. The van der Waals surface area contributed by atoms with Gasteiger partial charge in [0.2, 0.25) is 5.91 Å². The van der Waals surface area contributed by atoms with Crippen molar-refractivity contribution in [3.05, 3.63) is 22.4 Å². The summed E-state index contributed by atoms with van der Waals surface area (Å²) in [4.78, 5) is 13.2. The second-order valence-electron chi connectivity index (χ2n) is 5.01. The molecular weight excluding hydrogens is 296 g/mol. The minimum atomic E-state index is -3.00. The molecule has 2 heterocycles. The van der Waals surface area contributed by atoms with E-state index in [1.54, 1.807) is 11.3 Å². The van der Waals surface area contributed by atoms with Gasteiger partial charge in [-0.2, -0.15) is 0 Å². The molecule has 1 aromatic heterocycles. The van der Waals surface area contributed by atoms with Crippen molar-refractivity contribution in [2.75, 3.05) is 18.1 Å². The van der Waals surface area contributed by atoms with E-state index < -0.39 is 9.84 Å². The van der Waals surface area contributed by atoms with E-state index in [4.69, 9.17) is 0 Å². The number of hydrogen-bond acceptors (Lipinski definition) is 5. The number of sulfone groups is 1. The zero-order chi connectivity index (χ0) is 14.6. The summed E-state index contributed by atoms with van der Waals surface area (Å²) < 4.78 is 23.1. The summed E-state index contributed by atoms with van der Waals surface area (Å²) in [5.74, 6) is 0.119. The van der Waals surface area contributed by atoms with Gasteiger partial charge in [0.05, 0.1) is 17.5 Å². The summed E-state index contributed by atoms with van der Waals surface area (Å²) in [5.41, 5.74) is 0. The fourth-order valence-corrected chi connectivity index (χ4v) is 4.64. The zero-order valence-corrected chi connectivity index (χ0v) is 13.1. The number of thiophene rings is 1. The molecule has 1 saturated heterocycles. The largest absolute Gasteiger partial charge is 0.348 e. The summed E-state index contributed by atoms with van der Waals surface area (Å²) in [6.07, 6.45) is 1.03. The van der Waals surface area contributed by atoms with Gasteiger partial charge in [0.1, 0.15) is 0 Å². The maximum atomic E-state index is 12.0. The van der Waals surface area contributed by atoms with Gasteiger partial charge in [-0.15, -0.1) is 11.3 Å². The smallest absolute Gasteiger partial charge is 0.222 e. The molecule has 1 amide bonds. The highest BCUT2D eigenvalue weighted by Gasteiger charge is 2.26. The van der Waals surface area contributed by atoms with Crippen LogP contribution in [0, 0.1) is 0 Å². The highest BCUT2D eigenvalue weighted by molar-refractivity contribution is 7.91. The van der Waals surface area contributed by atoms with Gasteiger partial charge < -0.3 is 10.6 Å². The van der Waals surface area contributed by atoms with E-state index in [0.717, 1.165) is 11.3 Å². The number of carbonyl (C=O) groups excluding carboxylic acids is 1.